The third-order valence-electron chi connectivity index (χ3n) is 5.50. The molecule has 1 fully saturated rings. The zero-order valence-corrected chi connectivity index (χ0v) is 17.6. The van der Waals surface area contributed by atoms with Crippen LogP contribution in [0.3, 0.4) is 0 Å². The molecule has 30 heavy (non-hydrogen) atoms. The van der Waals surface area contributed by atoms with Crippen molar-refractivity contribution in [1.29, 1.82) is 0 Å². The van der Waals surface area contributed by atoms with Crippen molar-refractivity contribution in [3.8, 4) is 5.82 Å². The Morgan fingerprint density at radius 1 is 1.20 bits per heavy atom. The first-order valence-electron chi connectivity index (χ1n) is 10.4. The standard InChI is InChI=1S/C23H27N5O2/c1-14(2)12-16-4-6-17(7-5-16)22(18-8-9-18)25-23(30)19-13-24-28(15(19)3)20-10-11-21(29)27-26-20/h4-7,10-11,13-14,18,22H,8-9,12H2,1-3H3,(H,25,30)(H,27,29). The molecule has 2 aromatic heterocycles. The van der Waals surface area contributed by atoms with Gasteiger partial charge in [0.2, 0.25) is 0 Å². The van der Waals surface area contributed by atoms with E-state index in [1.54, 1.807) is 16.9 Å². The molecule has 4 rings (SSSR count). The third kappa shape index (κ3) is 4.35. The van der Waals surface area contributed by atoms with E-state index in [4.69, 9.17) is 0 Å². The third-order valence-corrected chi connectivity index (χ3v) is 5.50. The summed E-state index contributed by atoms with van der Waals surface area (Å²) in [5.41, 5.74) is 3.36. The van der Waals surface area contributed by atoms with Gasteiger partial charge >= 0.3 is 0 Å². The maximum absolute atomic E-state index is 13.0. The molecule has 1 aliphatic carbocycles. The van der Waals surface area contributed by atoms with Crippen LogP contribution in [0.25, 0.3) is 5.82 Å². The van der Waals surface area contributed by atoms with Crippen LogP contribution in [0.2, 0.25) is 0 Å². The maximum Gasteiger partial charge on any atom is 0.264 e. The molecule has 0 radical (unpaired) electrons. The number of carbonyl (C=O) groups excluding carboxylic acids is 1. The Morgan fingerprint density at radius 3 is 2.53 bits per heavy atom. The van der Waals surface area contributed by atoms with E-state index in [1.807, 2.05) is 6.92 Å². The lowest BCUT2D eigenvalue weighted by atomic mass is 9.97. The van der Waals surface area contributed by atoms with Crippen LogP contribution in [0, 0.1) is 18.8 Å². The van der Waals surface area contributed by atoms with Crippen molar-refractivity contribution < 1.29 is 4.79 Å². The van der Waals surface area contributed by atoms with Gasteiger partial charge in [-0.1, -0.05) is 38.1 Å². The number of H-pyrrole nitrogens is 1. The normalized spacial score (nSPS) is 14.7. The number of nitrogens with zero attached hydrogens (tertiary/aromatic N) is 3. The second kappa shape index (κ2) is 8.26. The molecule has 1 amide bonds. The van der Waals surface area contributed by atoms with Crippen molar-refractivity contribution in [3.05, 3.63) is 75.3 Å². The molecule has 7 heteroatoms. The molecule has 7 nitrogen and oxygen atoms in total. The maximum atomic E-state index is 13.0. The first kappa shape index (κ1) is 20.1. The quantitative estimate of drug-likeness (QED) is 0.630. The Morgan fingerprint density at radius 2 is 1.93 bits per heavy atom. The monoisotopic (exact) mass is 405 g/mol. The molecule has 1 aromatic carbocycles. The summed E-state index contributed by atoms with van der Waals surface area (Å²) in [5, 5.41) is 13.9. The van der Waals surface area contributed by atoms with Crippen molar-refractivity contribution in [1.82, 2.24) is 25.3 Å². The van der Waals surface area contributed by atoms with E-state index in [1.165, 1.54) is 11.6 Å². The summed E-state index contributed by atoms with van der Waals surface area (Å²) in [5.74, 6) is 1.41. The lowest BCUT2D eigenvalue weighted by Gasteiger charge is -2.19. The minimum Gasteiger partial charge on any atom is -0.345 e. The van der Waals surface area contributed by atoms with Crippen LogP contribution in [0.15, 0.2) is 47.4 Å². The molecule has 1 unspecified atom stereocenters. The molecule has 0 bridgehead atoms. The van der Waals surface area contributed by atoms with Crippen LogP contribution in [0.5, 0.6) is 0 Å². The van der Waals surface area contributed by atoms with Gasteiger partial charge in [-0.3, -0.25) is 9.59 Å². The molecular formula is C23H27N5O2. The number of nitrogens with one attached hydrogen (secondary N) is 2. The molecule has 0 aliphatic heterocycles. The Balaban J connectivity index is 1.53. The van der Waals surface area contributed by atoms with Crippen molar-refractivity contribution >= 4 is 5.91 Å². The van der Waals surface area contributed by atoms with Crippen molar-refractivity contribution in [2.45, 2.75) is 46.1 Å². The second-order valence-electron chi connectivity index (χ2n) is 8.46. The summed E-state index contributed by atoms with van der Waals surface area (Å²) >= 11 is 0. The van der Waals surface area contributed by atoms with Crippen molar-refractivity contribution in [2.75, 3.05) is 0 Å². The summed E-state index contributed by atoms with van der Waals surface area (Å²) in [6, 6.07) is 11.6. The molecule has 2 N–H and O–H groups in total. The number of amides is 1. The van der Waals surface area contributed by atoms with Crippen LogP contribution in [0.1, 0.15) is 59.9 Å². The zero-order valence-electron chi connectivity index (χ0n) is 17.6. The predicted molar refractivity (Wildman–Crippen MR) is 115 cm³/mol. The van der Waals surface area contributed by atoms with Gasteiger partial charge in [-0.25, -0.2) is 9.78 Å². The van der Waals surface area contributed by atoms with Gasteiger partial charge in [0.1, 0.15) is 0 Å². The van der Waals surface area contributed by atoms with Gasteiger partial charge in [0.15, 0.2) is 5.82 Å². The zero-order chi connectivity index (χ0) is 21.3. The predicted octanol–water partition coefficient (Wildman–Crippen LogP) is 3.34. The summed E-state index contributed by atoms with van der Waals surface area (Å²) in [6.45, 7) is 6.25. The fourth-order valence-electron chi connectivity index (χ4n) is 3.77. The minimum atomic E-state index is -0.284. The largest absolute Gasteiger partial charge is 0.345 e. The molecule has 1 aliphatic rings. The van der Waals surface area contributed by atoms with Crippen molar-refractivity contribution in [2.24, 2.45) is 11.8 Å². The van der Waals surface area contributed by atoms with Crippen LogP contribution >= 0.6 is 0 Å². The van der Waals surface area contributed by atoms with E-state index >= 15 is 0 Å². The highest BCUT2D eigenvalue weighted by atomic mass is 16.2. The number of rotatable bonds is 7. The van der Waals surface area contributed by atoms with E-state index < -0.39 is 0 Å². The van der Waals surface area contributed by atoms with Gasteiger partial charge < -0.3 is 5.32 Å². The molecular weight excluding hydrogens is 378 g/mol. The first-order valence-corrected chi connectivity index (χ1v) is 10.4. The van der Waals surface area contributed by atoms with Crippen LogP contribution < -0.4 is 10.9 Å². The number of hydrogen-bond donors (Lipinski definition) is 2. The van der Waals surface area contributed by atoms with E-state index in [2.05, 4.69) is 58.7 Å². The average Bonchev–Trinajstić information content (AvgIpc) is 3.49. The van der Waals surface area contributed by atoms with Gasteiger partial charge in [0.05, 0.1) is 23.5 Å². The lowest BCUT2D eigenvalue weighted by molar-refractivity contribution is 0.0931. The lowest BCUT2D eigenvalue weighted by Crippen LogP contribution is -2.30. The average molecular weight is 406 g/mol. The van der Waals surface area contributed by atoms with E-state index in [9.17, 15) is 9.59 Å². The molecule has 2 heterocycles. The number of hydrogen-bond acceptors (Lipinski definition) is 4. The Kier molecular flexibility index (Phi) is 5.53. The SMILES string of the molecule is Cc1c(C(=O)NC(c2ccc(CC(C)C)cc2)C2CC2)cnn1-c1ccc(=O)[nH]n1. The highest BCUT2D eigenvalue weighted by molar-refractivity contribution is 5.95. The van der Waals surface area contributed by atoms with Gasteiger partial charge in [-0.2, -0.15) is 10.2 Å². The fraction of sp³-hybridized carbons (Fsp3) is 0.391. The smallest absolute Gasteiger partial charge is 0.264 e. The Bertz CT molecular complexity index is 1070. The van der Waals surface area contributed by atoms with Crippen LogP contribution in [-0.4, -0.2) is 25.9 Å². The Labute approximate surface area is 175 Å². The molecule has 0 spiro atoms. The number of benzene rings is 1. The van der Waals surface area contributed by atoms with E-state index in [0.29, 0.717) is 28.9 Å². The van der Waals surface area contributed by atoms with Gasteiger partial charge in [-0.15, -0.1) is 0 Å². The summed E-state index contributed by atoms with van der Waals surface area (Å²) in [6.07, 6.45) is 4.85. The fourth-order valence-corrected chi connectivity index (χ4v) is 3.77. The summed E-state index contributed by atoms with van der Waals surface area (Å²) in [4.78, 5) is 24.3. The molecule has 3 aromatic rings. The van der Waals surface area contributed by atoms with Gasteiger partial charge in [0.25, 0.3) is 11.5 Å². The van der Waals surface area contributed by atoms with E-state index in [-0.39, 0.29) is 17.5 Å². The highest BCUT2D eigenvalue weighted by Crippen LogP contribution is 2.41. The molecule has 1 saturated carbocycles. The Hall–Kier alpha value is -3.22. The van der Waals surface area contributed by atoms with E-state index in [0.717, 1.165) is 24.8 Å². The van der Waals surface area contributed by atoms with Crippen LogP contribution in [-0.2, 0) is 6.42 Å². The molecule has 156 valence electrons. The number of carbonyl (C=O) groups is 1. The summed E-state index contributed by atoms with van der Waals surface area (Å²) < 4.78 is 1.55. The minimum absolute atomic E-state index is 0.000412. The number of aromatic nitrogens is 4. The van der Waals surface area contributed by atoms with Crippen LogP contribution in [0.4, 0.5) is 0 Å². The van der Waals surface area contributed by atoms with Gasteiger partial charge in [-0.05, 0) is 55.2 Å². The molecule has 1 atom stereocenters. The molecule has 0 saturated heterocycles. The first-order chi connectivity index (χ1) is 14.4. The second-order valence-corrected chi connectivity index (χ2v) is 8.46. The highest BCUT2D eigenvalue weighted by Gasteiger charge is 2.34. The summed E-state index contributed by atoms with van der Waals surface area (Å²) in [7, 11) is 0. The van der Waals surface area contributed by atoms with Crippen molar-refractivity contribution in [3.63, 3.8) is 0 Å². The topological polar surface area (TPSA) is 92.7 Å². The number of aromatic amines is 1. The van der Waals surface area contributed by atoms with Gasteiger partial charge in [0, 0.05) is 6.07 Å².